The molecule has 0 spiro atoms. The molecule has 0 aliphatic rings. The van der Waals surface area contributed by atoms with Gasteiger partial charge in [0.15, 0.2) is 11.6 Å². The monoisotopic (exact) mass is 408 g/mol. The fourth-order valence-corrected chi connectivity index (χ4v) is 3.48. The van der Waals surface area contributed by atoms with Crippen molar-refractivity contribution in [3.63, 3.8) is 0 Å². The van der Waals surface area contributed by atoms with Crippen LogP contribution in [-0.4, -0.2) is 24.0 Å². The number of rotatable bonds is 4. The molecule has 0 aliphatic heterocycles. The molecule has 0 fully saturated rings. The van der Waals surface area contributed by atoms with Crippen LogP contribution in [0.25, 0.3) is 10.4 Å². The van der Waals surface area contributed by atoms with Gasteiger partial charge in [0, 0.05) is 15.5 Å². The summed E-state index contributed by atoms with van der Waals surface area (Å²) >= 11 is 7.24. The second-order valence-corrected chi connectivity index (χ2v) is 6.77. The predicted molar refractivity (Wildman–Crippen MR) is 98.2 cm³/mol. The summed E-state index contributed by atoms with van der Waals surface area (Å²) in [7, 11) is 1.27. The molecular weight excluding hydrogens is 398 g/mol. The first-order valence-electron chi connectivity index (χ1n) is 7.49. The van der Waals surface area contributed by atoms with Crippen LogP contribution < -0.4 is 5.32 Å². The molecule has 9 heteroatoms. The molecule has 1 amide bonds. The molecule has 0 aliphatic carbocycles. The highest BCUT2D eigenvalue weighted by Crippen LogP contribution is 2.34. The van der Waals surface area contributed by atoms with Crippen LogP contribution in [0.5, 0.6) is 0 Å². The number of carbonyl (C=O) groups excluding carboxylic acids is 2. The molecule has 27 heavy (non-hydrogen) atoms. The lowest BCUT2D eigenvalue weighted by Crippen LogP contribution is -2.13. The number of benzene rings is 1. The predicted octanol–water partition coefficient (Wildman–Crippen LogP) is 4.78. The number of ether oxygens (including phenoxy) is 1. The van der Waals surface area contributed by atoms with E-state index < -0.39 is 29.2 Å². The Morgan fingerprint density at radius 2 is 1.85 bits per heavy atom. The number of hydrogen-bond donors (Lipinski definition) is 1. The third-order valence-corrected chi connectivity index (χ3v) is 5.02. The molecule has 3 aromatic rings. The summed E-state index contributed by atoms with van der Waals surface area (Å²) in [5.74, 6) is -3.16. The highest BCUT2D eigenvalue weighted by Gasteiger charge is 2.17. The summed E-state index contributed by atoms with van der Waals surface area (Å²) < 4.78 is 31.9. The normalized spacial score (nSPS) is 10.5. The van der Waals surface area contributed by atoms with E-state index in [1.54, 1.807) is 18.2 Å². The van der Waals surface area contributed by atoms with Crippen LogP contribution in [0, 0.1) is 11.6 Å². The third-order valence-electron chi connectivity index (χ3n) is 3.57. The lowest BCUT2D eigenvalue weighted by molar-refractivity contribution is 0.0600. The van der Waals surface area contributed by atoms with E-state index in [4.69, 9.17) is 11.6 Å². The van der Waals surface area contributed by atoms with E-state index in [0.717, 1.165) is 23.7 Å². The SMILES string of the molecule is COC(=O)c1ccc(Cl)c(-c2ccc(C(=O)Nc3c(F)cncc3F)s2)c1. The van der Waals surface area contributed by atoms with Gasteiger partial charge in [-0.2, -0.15) is 0 Å². The second kappa shape index (κ2) is 7.81. The van der Waals surface area contributed by atoms with Crippen LogP contribution >= 0.6 is 22.9 Å². The van der Waals surface area contributed by atoms with E-state index in [2.05, 4.69) is 15.0 Å². The highest BCUT2D eigenvalue weighted by molar-refractivity contribution is 7.17. The maximum atomic E-state index is 13.6. The maximum Gasteiger partial charge on any atom is 0.337 e. The van der Waals surface area contributed by atoms with Gasteiger partial charge in [-0.1, -0.05) is 11.6 Å². The number of carbonyl (C=O) groups is 2. The van der Waals surface area contributed by atoms with Crippen molar-refractivity contribution in [2.75, 3.05) is 12.4 Å². The molecule has 3 rings (SSSR count). The molecule has 0 bridgehead atoms. The Balaban J connectivity index is 1.89. The number of amides is 1. The minimum atomic E-state index is -0.978. The van der Waals surface area contributed by atoms with Crippen LogP contribution in [0.3, 0.4) is 0 Å². The van der Waals surface area contributed by atoms with E-state index >= 15 is 0 Å². The van der Waals surface area contributed by atoms with Crippen LogP contribution in [0.4, 0.5) is 14.5 Å². The van der Waals surface area contributed by atoms with Gasteiger partial charge in [-0.3, -0.25) is 9.78 Å². The molecule has 2 aromatic heterocycles. The summed E-state index contributed by atoms with van der Waals surface area (Å²) in [4.78, 5) is 28.2. The molecule has 5 nitrogen and oxygen atoms in total. The van der Waals surface area contributed by atoms with Crippen LogP contribution in [0.2, 0.25) is 5.02 Å². The van der Waals surface area contributed by atoms with Crippen molar-refractivity contribution >= 4 is 40.5 Å². The number of hydrogen-bond acceptors (Lipinski definition) is 5. The Kier molecular flexibility index (Phi) is 5.48. The first-order chi connectivity index (χ1) is 12.9. The molecule has 0 atom stereocenters. The van der Waals surface area contributed by atoms with Gasteiger partial charge in [-0.25, -0.2) is 13.6 Å². The highest BCUT2D eigenvalue weighted by atomic mass is 35.5. The Morgan fingerprint density at radius 1 is 1.15 bits per heavy atom. The summed E-state index contributed by atoms with van der Waals surface area (Å²) in [5, 5.41) is 2.56. The Labute approximate surface area is 161 Å². The number of esters is 1. The zero-order chi connectivity index (χ0) is 19.6. The Bertz CT molecular complexity index is 1020. The van der Waals surface area contributed by atoms with Crippen LogP contribution in [-0.2, 0) is 4.74 Å². The minimum absolute atomic E-state index is 0.208. The quantitative estimate of drug-likeness (QED) is 0.631. The third kappa shape index (κ3) is 3.96. The first-order valence-corrected chi connectivity index (χ1v) is 8.68. The lowest BCUT2D eigenvalue weighted by Gasteiger charge is -2.06. The van der Waals surface area contributed by atoms with Crippen molar-refractivity contribution < 1.29 is 23.1 Å². The van der Waals surface area contributed by atoms with Crippen molar-refractivity contribution in [3.8, 4) is 10.4 Å². The largest absolute Gasteiger partial charge is 0.465 e. The Morgan fingerprint density at radius 3 is 2.52 bits per heavy atom. The summed E-state index contributed by atoms with van der Waals surface area (Å²) in [6.45, 7) is 0. The average molecular weight is 409 g/mol. The van der Waals surface area contributed by atoms with Crippen molar-refractivity contribution in [1.82, 2.24) is 4.98 Å². The fourth-order valence-electron chi connectivity index (χ4n) is 2.27. The van der Waals surface area contributed by atoms with Gasteiger partial charge in [0.05, 0.1) is 29.9 Å². The van der Waals surface area contributed by atoms with Crippen molar-refractivity contribution in [1.29, 1.82) is 0 Å². The second-order valence-electron chi connectivity index (χ2n) is 5.28. The van der Waals surface area contributed by atoms with Crippen LogP contribution in [0.15, 0.2) is 42.7 Å². The van der Waals surface area contributed by atoms with Gasteiger partial charge in [-0.05, 0) is 30.3 Å². The van der Waals surface area contributed by atoms with Crippen molar-refractivity contribution in [2.45, 2.75) is 0 Å². The number of nitrogens with zero attached hydrogens (tertiary/aromatic N) is 1. The van der Waals surface area contributed by atoms with Crippen molar-refractivity contribution in [2.24, 2.45) is 0 Å². The number of pyridine rings is 1. The standard InChI is InChI=1S/C18H11ClF2N2O3S/c1-26-18(25)9-2-3-11(19)10(6-9)14-4-5-15(27-14)17(24)23-16-12(20)7-22-8-13(16)21/h2-8H,1H3,(H,22,23,24). The number of anilines is 1. The van der Waals surface area contributed by atoms with Crippen molar-refractivity contribution in [3.05, 3.63) is 69.8 Å². The van der Waals surface area contributed by atoms with E-state index in [0.29, 0.717) is 21.0 Å². The van der Waals surface area contributed by atoms with E-state index in [9.17, 15) is 18.4 Å². The Hall–Kier alpha value is -2.84. The first kappa shape index (κ1) is 18.9. The van der Waals surface area contributed by atoms with Gasteiger partial charge in [0.2, 0.25) is 0 Å². The molecule has 0 radical (unpaired) electrons. The number of aromatic nitrogens is 1. The van der Waals surface area contributed by atoms with Gasteiger partial charge in [0.25, 0.3) is 5.91 Å². The van der Waals surface area contributed by atoms with Gasteiger partial charge >= 0.3 is 5.97 Å². The molecule has 0 saturated heterocycles. The number of thiophene rings is 1. The molecule has 2 heterocycles. The minimum Gasteiger partial charge on any atom is -0.465 e. The van der Waals surface area contributed by atoms with Gasteiger partial charge in [0.1, 0.15) is 5.69 Å². The summed E-state index contributed by atoms with van der Waals surface area (Å²) in [6, 6.07) is 7.73. The van der Waals surface area contributed by atoms with Gasteiger partial charge in [-0.15, -0.1) is 11.3 Å². The smallest absolute Gasteiger partial charge is 0.337 e. The topological polar surface area (TPSA) is 68.3 Å². The maximum absolute atomic E-state index is 13.6. The molecule has 1 aromatic carbocycles. The molecule has 0 unspecified atom stereocenters. The average Bonchev–Trinajstić information content (AvgIpc) is 3.14. The molecular formula is C18H11ClF2N2O3S. The number of halogens is 3. The zero-order valence-corrected chi connectivity index (χ0v) is 15.3. The van der Waals surface area contributed by atoms with Crippen LogP contribution in [0.1, 0.15) is 20.0 Å². The van der Waals surface area contributed by atoms with E-state index in [-0.39, 0.29) is 4.88 Å². The fraction of sp³-hybridized carbons (Fsp3) is 0.0556. The zero-order valence-electron chi connectivity index (χ0n) is 13.8. The lowest BCUT2D eigenvalue weighted by atomic mass is 10.1. The summed E-state index contributed by atoms with van der Waals surface area (Å²) in [6.07, 6.45) is 1.60. The van der Waals surface area contributed by atoms with E-state index in [1.165, 1.54) is 19.2 Å². The molecule has 138 valence electrons. The van der Waals surface area contributed by atoms with Gasteiger partial charge < -0.3 is 10.1 Å². The number of methoxy groups -OCH3 is 1. The number of nitrogens with one attached hydrogen (secondary N) is 1. The van der Waals surface area contributed by atoms with E-state index in [1.807, 2.05) is 0 Å². The molecule has 1 N–H and O–H groups in total. The summed E-state index contributed by atoms with van der Waals surface area (Å²) in [5.41, 5.74) is 0.262. The molecule has 0 saturated carbocycles.